The van der Waals surface area contributed by atoms with Gasteiger partial charge in [0.25, 0.3) is 11.1 Å². The molecule has 2 aromatic heterocycles. The first kappa shape index (κ1) is 11.2. The zero-order valence-corrected chi connectivity index (χ0v) is 9.66. The quantitative estimate of drug-likeness (QED) is 0.637. The molecule has 0 aromatic carbocycles. The second-order valence-electron chi connectivity index (χ2n) is 3.19. The van der Waals surface area contributed by atoms with Crippen molar-refractivity contribution in [2.75, 3.05) is 12.4 Å². The Balaban J connectivity index is 2.05. The number of aromatic nitrogens is 2. The highest BCUT2D eigenvalue weighted by atomic mass is 32.2. The minimum atomic E-state index is 0.175. The Bertz CT molecular complexity index is 452. The van der Waals surface area contributed by atoms with E-state index in [2.05, 4.69) is 10.2 Å². The molecule has 0 amide bonds. The standard InChI is InChI=1S/C10H12N2O3S/c1-7-8(3-5-14-7)9-11-12-10(15-9)16-6-2-4-13/h3,5,13H,2,4,6H2,1H3. The second-order valence-corrected chi connectivity index (χ2v) is 4.24. The van der Waals surface area contributed by atoms with Crippen molar-refractivity contribution in [2.45, 2.75) is 18.6 Å². The van der Waals surface area contributed by atoms with Crippen molar-refractivity contribution in [3.8, 4) is 11.5 Å². The van der Waals surface area contributed by atoms with Gasteiger partial charge in [0.2, 0.25) is 0 Å². The predicted octanol–water partition coefficient (Wildman–Crippen LogP) is 2.11. The molecule has 0 unspecified atom stereocenters. The summed E-state index contributed by atoms with van der Waals surface area (Å²) < 4.78 is 10.6. The van der Waals surface area contributed by atoms with Gasteiger partial charge in [0, 0.05) is 12.4 Å². The topological polar surface area (TPSA) is 72.3 Å². The van der Waals surface area contributed by atoms with Crippen molar-refractivity contribution >= 4 is 11.8 Å². The van der Waals surface area contributed by atoms with Crippen LogP contribution in [-0.4, -0.2) is 27.7 Å². The van der Waals surface area contributed by atoms with E-state index in [1.54, 1.807) is 12.3 Å². The largest absolute Gasteiger partial charge is 0.469 e. The van der Waals surface area contributed by atoms with Crippen molar-refractivity contribution in [1.82, 2.24) is 10.2 Å². The molecule has 6 heteroatoms. The summed E-state index contributed by atoms with van der Waals surface area (Å²) >= 11 is 1.44. The minimum Gasteiger partial charge on any atom is -0.469 e. The van der Waals surface area contributed by atoms with Crippen LogP contribution in [0.2, 0.25) is 0 Å². The molecule has 2 heterocycles. The number of nitrogens with zero attached hydrogens (tertiary/aromatic N) is 2. The van der Waals surface area contributed by atoms with E-state index < -0.39 is 0 Å². The maximum atomic E-state index is 8.64. The van der Waals surface area contributed by atoms with Gasteiger partial charge >= 0.3 is 0 Å². The van der Waals surface area contributed by atoms with Gasteiger partial charge in [-0.3, -0.25) is 0 Å². The molecule has 0 saturated carbocycles. The third-order valence-corrected chi connectivity index (χ3v) is 2.93. The monoisotopic (exact) mass is 240 g/mol. The molecule has 86 valence electrons. The molecule has 0 fully saturated rings. The normalized spacial score (nSPS) is 10.9. The summed E-state index contributed by atoms with van der Waals surface area (Å²) in [7, 11) is 0. The number of furan rings is 1. The van der Waals surface area contributed by atoms with Gasteiger partial charge in [-0.2, -0.15) is 0 Å². The number of hydrogen-bond acceptors (Lipinski definition) is 6. The fourth-order valence-corrected chi connectivity index (χ4v) is 1.89. The highest BCUT2D eigenvalue weighted by Gasteiger charge is 2.12. The van der Waals surface area contributed by atoms with Crippen LogP contribution in [0.15, 0.2) is 26.4 Å². The van der Waals surface area contributed by atoms with Gasteiger partial charge in [-0.15, -0.1) is 10.2 Å². The summed E-state index contributed by atoms with van der Waals surface area (Å²) in [6.45, 7) is 2.02. The lowest BCUT2D eigenvalue weighted by molar-refractivity contribution is 0.296. The highest BCUT2D eigenvalue weighted by Crippen LogP contribution is 2.26. The Morgan fingerprint density at radius 1 is 1.44 bits per heavy atom. The summed E-state index contributed by atoms with van der Waals surface area (Å²) in [6.07, 6.45) is 2.31. The van der Waals surface area contributed by atoms with Crippen LogP contribution in [0, 0.1) is 6.92 Å². The van der Waals surface area contributed by atoms with Gasteiger partial charge < -0.3 is 13.9 Å². The van der Waals surface area contributed by atoms with Gasteiger partial charge in [-0.25, -0.2) is 0 Å². The van der Waals surface area contributed by atoms with Crippen LogP contribution in [0.4, 0.5) is 0 Å². The van der Waals surface area contributed by atoms with E-state index in [1.165, 1.54) is 11.8 Å². The maximum Gasteiger partial charge on any atom is 0.276 e. The Morgan fingerprint density at radius 2 is 2.31 bits per heavy atom. The van der Waals surface area contributed by atoms with E-state index in [4.69, 9.17) is 13.9 Å². The number of rotatable bonds is 5. The van der Waals surface area contributed by atoms with Crippen LogP contribution in [0.25, 0.3) is 11.5 Å². The molecule has 0 aliphatic carbocycles. The third-order valence-electron chi connectivity index (χ3n) is 2.02. The van der Waals surface area contributed by atoms with Gasteiger partial charge in [-0.05, 0) is 19.4 Å². The van der Waals surface area contributed by atoms with Gasteiger partial charge in [-0.1, -0.05) is 11.8 Å². The molecule has 0 aliphatic heterocycles. The van der Waals surface area contributed by atoms with Crippen molar-refractivity contribution in [1.29, 1.82) is 0 Å². The summed E-state index contributed by atoms with van der Waals surface area (Å²) in [5.74, 6) is 2.00. The maximum absolute atomic E-state index is 8.64. The van der Waals surface area contributed by atoms with Gasteiger partial charge in [0.05, 0.1) is 11.8 Å². The van der Waals surface area contributed by atoms with Crippen LogP contribution < -0.4 is 0 Å². The third kappa shape index (κ3) is 2.45. The second kappa shape index (κ2) is 5.18. The summed E-state index contributed by atoms with van der Waals surface area (Å²) in [5, 5.41) is 17.0. The molecule has 0 bridgehead atoms. The molecule has 0 radical (unpaired) electrons. The zero-order valence-electron chi connectivity index (χ0n) is 8.84. The van der Waals surface area contributed by atoms with Crippen molar-refractivity contribution in [2.24, 2.45) is 0 Å². The first-order valence-corrected chi connectivity index (χ1v) is 5.91. The van der Waals surface area contributed by atoms with Crippen molar-refractivity contribution in [3.63, 3.8) is 0 Å². The number of aliphatic hydroxyl groups is 1. The SMILES string of the molecule is Cc1occc1-c1nnc(SCCCO)o1. The molecule has 1 N–H and O–H groups in total. The highest BCUT2D eigenvalue weighted by molar-refractivity contribution is 7.99. The fraction of sp³-hybridized carbons (Fsp3) is 0.400. The molecule has 16 heavy (non-hydrogen) atoms. The molecule has 0 spiro atoms. The molecule has 0 aliphatic rings. The number of hydrogen-bond donors (Lipinski definition) is 1. The lowest BCUT2D eigenvalue weighted by Crippen LogP contribution is -1.85. The lowest BCUT2D eigenvalue weighted by Gasteiger charge is -1.92. The lowest BCUT2D eigenvalue weighted by atomic mass is 10.3. The summed E-state index contributed by atoms with van der Waals surface area (Å²) in [6, 6.07) is 1.80. The van der Waals surface area contributed by atoms with Crippen LogP contribution in [0.5, 0.6) is 0 Å². The number of aryl methyl sites for hydroxylation is 1. The average Bonchev–Trinajstić information content (AvgIpc) is 2.87. The predicted molar refractivity (Wildman–Crippen MR) is 59.2 cm³/mol. The van der Waals surface area contributed by atoms with Crippen LogP contribution in [0.1, 0.15) is 12.2 Å². The van der Waals surface area contributed by atoms with Gasteiger partial charge in [0.15, 0.2) is 0 Å². The molecule has 2 rings (SSSR count). The van der Waals surface area contributed by atoms with E-state index >= 15 is 0 Å². The fourth-order valence-electron chi connectivity index (χ4n) is 1.21. The Kier molecular flexibility index (Phi) is 3.63. The van der Waals surface area contributed by atoms with Gasteiger partial charge in [0.1, 0.15) is 5.76 Å². The van der Waals surface area contributed by atoms with Crippen molar-refractivity contribution in [3.05, 3.63) is 18.1 Å². The zero-order chi connectivity index (χ0) is 11.4. The van der Waals surface area contributed by atoms with E-state index in [0.29, 0.717) is 17.5 Å². The Morgan fingerprint density at radius 3 is 3.00 bits per heavy atom. The molecule has 0 atom stereocenters. The Labute approximate surface area is 96.9 Å². The molecular formula is C10H12N2O3S. The van der Waals surface area contributed by atoms with Crippen molar-refractivity contribution < 1.29 is 13.9 Å². The number of thioether (sulfide) groups is 1. The number of aliphatic hydroxyl groups excluding tert-OH is 1. The Hall–Kier alpha value is -1.27. The van der Waals surface area contributed by atoms with E-state index in [-0.39, 0.29) is 6.61 Å². The summed E-state index contributed by atoms with van der Waals surface area (Å²) in [4.78, 5) is 0. The minimum absolute atomic E-state index is 0.175. The molecule has 0 saturated heterocycles. The smallest absolute Gasteiger partial charge is 0.276 e. The molecular weight excluding hydrogens is 228 g/mol. The first-order chi connectivity index (χ1) is 7.81. The first-order valence-electron chi connectivity index (χ1n) is 4.93. The van der Waals surface area contributed by atoms with Crippen LogP contribution >= 0.6 is 11.8 Å². The van der Waals surface area contributed by atoms with Crippen LogP contribution in [-0.2, 0) is 0 Å². The van der Waals surface area contributed by atoms with E-state index in [9.17, 15) is 0 Å². The molecule has 5 nitrogen and oxygen atoms in total. The summed E-state index contributed by atoms with van der Waals surface area (Å²) in [5.41, 5.74) is 0.821. The van der Waals surface area contributed by atoms with Crippen LogP contribution in [0.3, 0.4) is 0 Å². The van der Waals surface area contributed by atoms with E-state index in [0.717, 1.165) is 17.1 Å². The average molecular weight is 240 g/mol. The van der Waals surface area contributed by atoms with E-state index in [1.807, 2.05) is 6.92 Å². The molecule has 2 aromatic rings.